The molecule has 4 heteroatoms. The molecule has 0 spiro atoms. The Hall–Kier alpha value is -0.640. The molecule has 0 fully saturated rings. The van der Waals surface area contributed by atoms with Crippen molar-refractivity contribution in [3.63, 3.8) is 0 Å². The van der Waals surface area contributed by atoms with Crippen molar-refractivity contribution >= 4 is 0 Å². The van der Waals surface area contributed by atoms with Crippen molar-refractivity contribution in [2.24, 2.45) is 0 Å². The van der Waals surface area contributed by atoms with Crippen LogP contribution in [0.3, 0.4) is 0 Å². The molecular weight excluding hydrogens is 252 g/mol. The normalized spacial score (nSPS) is 10.8. The van der Waals surface area contributed by atoms with Gasteiger partial charge in [-0.2, -0.15) is 0 Å². The molecule has 0 aromatic carbocycles. The molecule has 20 heavy (non-hydrogen) atoms. The van der Waals surface area contributed by atoms with Crippen molar-refractivity contribution in [2.75, 3.05) is 19.6 Å². The fourth-order valence-electron chi connectivity index (χ4n) is 2.35. The van der Waals surface area contributed by atoms with E-state index in [9.17, 15) is 10.1 Å². The third kappa shape index (κ3) is 17.4. The first-order valence-electron chi connectivity index (χ1n) is 8.60. The van der Waals surface area contributed by atoms with E-state index in [0.29, 0.717) is 6.42 Å². The molecular formula is C16H34N2O2. The van der Waals surface area contributed by atoms with Gasteiger partial charge >= 0.3 is 0 Å². The number of nitrogens with one attached hydrogen (secondary N) is 1. The quantitative estimate of drug-likeness (QED) is 0.257. The molecule has 0 bridgehead atoms. The van der Waals surface area contributed by atoms with E-state index in [1.165, 1.54) is 64.2 Å². The molecule has 0 aliphatic heterocycles. The Bertz CT molecular complexity index is 211. The second kappa shape index (κ2) is 16.4. The Balaban J connectivity index is 2.94. The lowest BCUT2D eigenvalue weighted by atomic mass is 10.1. The van der Waals surface area contributed by atoms with Crippen LogP contribution in [0.15, 0.2) is 0 Å². The van der Waals surface area contributed by atoms with Crippen LogP contribution in [0, 0.1) is 10.1 Å². The highest BCUT2D eigenvalue weighted by molar-refractivity contribution is 4.51. The topological polar surface area (TPSA) is 55.2 Å². The first-order chi connectivity index (χ1) is 9.77. The van der Waals surface area contributed by atoms with Crippen molar-refractivity contribution in [1.29, 1.82) is 0 Å². The molecule has 0 aromatic heterocycles. The fraction of sp³-hybridized carbons (Fsp3) is 1.00. The molecule has 0 atom stereocenters. The highest BCUT2D eigenvalue weighted by atomic mass is 16.6. The second-order valence-electron chi connectivity index (χ2n) is 5.70. The summed E-state index contributed by atoms with van der Waals surface area (Å²) in [5, 5.41) is 13.5. The average Bonchev–Trinajstić information content (AvgIpc) is 2.43. The number of nitro groups is 1. The van der Waals surface area contributed by atoms with Crippen LogP contribution in [-0.4, -0.2) is 24.6 Å². The zero-order valence-corrected chi connectivity index (χ0v) is 13.4. The van der Waals surface area contributed by atoms with Gasteiger partial charge in [-0.15, -0.1) is 0 Å². The number of unbranched alkanes of at least 4 members (excludes halogenated alkanes) is 10. The van der Waals surface area contributed by atoms with Crippen LogP contribution in [0.5, 0.6) is 0 Å². The van der Waals surface area contributed by atoms with Crippen LogP contribution in [0.25, 0.3) is 0 Å². The van der Waals surface area contributed by atoms with Crippen molar-refractivity contribution in [1.82, 2.24) is 5.32 Å². The van der Waals surface area contributed by atoms with Crippen LogP contribution in [-0.2, 0) is 0 Å². The third-order valence-electron chi connectivity index (χ3n) is 3.65. The van der Waals surface area contributed by atoms with Crippen LogP contribution in [0.1, 0.15) is 84.0 Å². The van der Waals surface area contributed by atoms with Gasteiger partial charge in [0.1, 0.15) is 0 Å². The number of nitrogens with zero attached hydrogens (tertiary/aromatic N) is 1. The molecule has 0 heterocycles. The monoisotopic (exact) mass is 286 g/mol. The minimum absolute atomic E-state index is 0.111. The molecule has 0 aliphatic carbocycles. The van der Waals surface area contributed by atoms with E-state index in [0.717, 1.165) is 19.5 Å². The zero-order chi connectivity index (χ0) is 14.9. The van der Waals surface area contributed by atoms with Crippen LogP contribution < -0.4 is 5.32 Å². The first-order valence-corrected chi connectivity index (χ1v) is 8.60. The average molecular weight is 286 g/mol. The third-order valence-corrected chi connectivity index (χ3v) is 3.65. The van der Waals surface area contributed by atoms with E-state index in [1.54, 1.807) is 0 Å². The van der Waals surface area contributed by atoms with Crippen LogP contribution >= 0.6 is 0 Å². The zero-order valence-electron chi connectivity index (χ0n) is 13.4. The summed E-state index contributed by atoms with van der Waals surface area (Å²) in [6.45, 7) is 4.36. The number of rotatable bonds is 16. The molecule has 120 valence electrons. The van der Waals surface area contributed by atoms with Gasteiger partial charge in [-0.05, 0) is 25.9 Å². The molecule has 0 amide bonds. The molecule has 0 radical (unpaired) electrons. The van der Waals surface area contributed by atoms with Gasteiger partial charge in [0.25, 0.3) is 0 Å². The van der Waals surface area contributed by atoms with Gasteiger partial charge in [-0.1, -0.05) is 64.7 Å². The standard InChI is InChI=1S/C16H34N2O2/c1-2-3-4-5-6-7-8-9-10-11-14-17-15-12-13-16-18(19)20/h17H,2-16H2,1H3. The van der Waals surface area contributed by atoms with Crippen molar-refractivity contribution in [3.8, 4) is 0 Å². The van der Waals surface area contributed by atoms with Gasteiger partial charge < -0.3 is 5.32 Å². The summed E-state index contributed by atoms with van der Waals surface area (Å²) in [5.74, 6) is 0. The predicted molar refractivity (Wildman–Crippen MR) is 85.8 cm³/mol. The van der Waals surface area contributed by atoms with E-state index in [4.69, 9.17) is 0 Å². The van der Waals surface area contributed by atoms with Gasteiger partial charge in [0.2, 0.25) is 6.54 Å². The maximum Gasteiger partial charge on any atom is 0.203 e. The lowest BCUT2D eigenvalue weighted by molar-refractivity contribution is -0.480. The largest absolute Gasteiger partial charge is 0.317 e. The highest BCUT2D eigenvalue weighted by Crippen LogP contribution is 2.10. The Morgan fingerprint density at radius 1 is 0.750 bits per heavy atom. The van der Waals surface area contributed by atoms with E-state index >= 15 is 0 Å². The molecule has 0 unspecified atom stereocenters. The SMILES string of the molecule is CCCCCCCCCCCCNCCCC[N+](=O)[O-]. The van der Waals surface area contributed by atoms with Gasteiger partial charge in [-0.25, -0.2) is 0 Å². The van der Waals surface area contributed by atoms with Gasteiger partial charge in [-0.3, -0.25) is 10.1 Å². The highest BCUT2D eigenvalue weighted by Gasteiger charge is 1.96. The molecule has 1 N–H and O–H groups in total. The van der Waals surface area contributed by atoms with E-state index in [2.05, 4.69) is 12.2 Å². The molecule has 0 aliphatic rings. The molecule has 4 nitrogen and oxygen atoms in total. The smallest absolute Gasteiger partial charge is 0.203 e. The van der Waals surface area contributed by atoms with Crippen LogP contribution in [0.4, 0.5) is 0 Å². The summed E-state index contributed by atoms with van der Waals surface area (Å²) in [6.07, 6.45) is 15.3. The van der Waals surface area contributed by atoms with Gasteiger partial charge in [0.15, 0.2) is 0 Å². The summed E-state index contributed by atoms with van der Waals surface area (Å²) in [5.41, 5.74) is 0. The van der Waals surface area contributed by atoms with E-state index in [-0.39, 0.29) is 11.5 Å². The maximum absolute atomic E-state index is 10.1. The minimum Gasteiger partial charge on any atom is -0.317 e. The second-order valence-corrected chi connectivity index (χ2v) is 5.70. The summed E-state index contributed by atoms with van der Waals surface area (Å²) >= 11 is 0. The molecule has 0 saturated carbocycles. The van der Waals surface area contributed by atoms with Crippen molar-refractivity contribution in [3.05, 3.63) is 10.1 Å². The van der Waals surface area contributed by atoms with Crippen molar-refractivity contribution in [2.45, 2.75) is 84.0 Å². The van der Waals surface area contributed by atoms with E-state index in [1.807, 2.05) is 0 Å². The summed E-state index contributed by atoms with van der Waals surface area (Å²) in [7, 11) is 0. The van der Waals surface area contributed by atoms with Gasteiger partial charge in [0, 0.05) is 11.3 Å². The summed E-state index contributed by atoms with van der Waals surface area (Å²) in [4.78, 5) is 9.88. The van der Waals surface area contributed by atoms with Crippen molar-refractivity contribution < 1.29 is 4.92 Å². The molecule has 0 saturated heterocycles. The van der Waals surface area contributed by atoms with Gasteiger partial charge in [0.05, 0.1) is 0 Å². The lowest BCUT2D eigenvalue weighted by Crippen LogP contribution is -2.17. The Morgan fingerprint density at radius 2 is 1.20 bits per heavy atom. The Labute approximate surface area is 124 Å². The van der Waals surface area contributed by atoms with Crippen LogP contribution in [0.2, 0.25) is 0 Å². The number of hydrogen-bond donors (Lipinski definition) is 1. The molecule has 0 rings (SSSR count). The Morgan fingerprint density at radius 3 is 1.70 bits per heavy atom. The first kappa shape index (κ1) is 19.4. The molecule has 0 aromatic rings. The lowest BCUT2D eigenvalue weighted by Gasteiger charge is -2.04. The minimum atomic E-state index is -0.234. The maximum atomic E-state index is 10.1. The Kier molecular flexibility index (Phi) is 15.9. The predicted octanol–water partition coefficient (Wildman–Crippen LogP) is 4.55. The fourth-order valence-corrected chi connectivity index (χ4v) is 2.35. The summed E-state index contributed by atoms with van der Waals surface area (Å²) in [6, 6.07) is 0. The number of hydrogen-bond acceptors (Lipinski definition) is 3. The summed E-state index contributed by atoms with van der Waals surface area (Å²) < 4.78 is 0. The van der Waals surface area contributed by atoms with E-state index < -0.39 is 0 Å².